The molecule has 6 aliphatic heterocycles. The molecule has 6 heterocycles. The number of benzene rings is 1. The highest BCUT2D eigenvalue weighted by Crippen LogP contribution is 2.41. The summed E-state index contributed by atoms with van der Waals surface area (Å²) < 4.78 is 61.0. The molecule has 18 heteroatoms. The predicted molar refractivity (Wildman–Crippen MR) is 204 cm³/mol. The first-order valence-corrected chi connectivity index (χ1v) is 20.1. The second-order valence-electron chi connectivity index (χ2n) is 17.4. The molecular weight excluding hydrogens is 760 g/mol. The van der Waals surface area contributed by atoms with Gasteiger partial charge in [-0.1, -0.05) is 30.3 Å². The molecule has 0 radical (unpaired) electrons. The number of nitrogens with two attached hydrogens (primary N) is 1. The number of rotatable bonds is 9. The van der Waals surface area contributed by atoms with Crippen molar-refractivity contribution in [1.82, 2.24) is 15.1 Å². The molecule has 0 spiro atoms. The summed E-state index contributed by atoms with van der Waals surface area (Å²) >= 11 is 0. The van der Waals surface area contributed by atoms with E-state index in [4.69, 9.17) is 48.4 Å². The van der Waals surface area contributed by atoms with E-state index in [1.54, 1.807) is 13.8 Å². The number of nitrogens with zero attached hydrogens (tertiary/aromatic N) is 2. The molecule has 6 aliphatic rings. The average Bonchev–Trinajstić information content (AvgIpc) is 3.84. The SMILES string of the molecule is COC(=O)O[C@H]1[C@H]2OC(C)(C)O[C@H]2O[C@@H]1CN1CCC(C)(N)CC1.COC(=O)O[C@H]1[C@H]2OC(C)(C)O[C@H]2O[C@@H]1CN1CCC(C)(NC(=O)OCc2ccccc2)CC1. The van der Waals surface area contributed by atoms with Gasteiger partial charge >= 0.3 is 18.4 Å². The van der Waals surface area contributed by atoms with Gasteiger partial charge in [0, 0.05) is 37.3 Å². The molecule has 1 amide bonds. The summed E-state index contributed by atoms with van der Waals surface area (Å²) in [4.78, 5) is 40.3. The Hall–Kier alpha value is -3.33. The highest BCUT2D eigenvalue weighted by Gasteiger charge is 2.58. The quantitative estimate of drug-likeness (QED) is 0.270. The third-order valence-corrected chi connectivity index (χ3v) is 11.4. The predicted octanol–water partition coefficient (Wildman–Crippen LogP) is 3.62. The molecule has 326 valence electrons. The Labute approximate surface area is 340 Å². The van der Waals surface area contributed by atoms with Gasteiger partial charge in [-0.05, 0) is 85.9 Å². The van der Waals surface area contributed by atoms with Gasteiger partial charge in [-0.2, -0.15) is 0 Å². The van der Waals surface area contributed by atoms with Crippen molar-refractivity contribution >= 4 is 18.4 Å². The minimum absolute atomic E-state index is 0.109. The molecule has 0 aliphatic carbocycles. The van der Waals surface area contributed by atoms with Crippen LogP contribution in [0.3, 0.4) is 0 Å². The van der Waals surface area contributed by atoms with Crippen LogP contribution >= 0.6 is 0 Å². The Morgan fingerprint density at radius 1 is 0.707 bits per heavy atom. The number of carbonyl (C=O) groups is 3. The Bertz CT molecular complexity index is 1550. The zero-order chi connectivity index (χ0) is 41.9. The van der Waals surface area contributed by atoms with Gasteiger partial charge in [0.15, 0.2) is 48.6 Å². The Kier molecular flexibility index (Phi) is 13.8. The van der Waals surface area contributed by atoms with Gasteiger partial charge in [-0.3, -0.25) is 0 Å². The van der Waals surface area contributed by atoms with Crippen LogP contribution in [0.2, 0.25) is 0 Å². The molecule has 6 saturated heterocycles. The zero-order valence-electron chi connectivity index (χ0n) is 35.0. The molecule has 0 bridgehead atoms. The molecule has 1 aromatic carbocycles. The Balaban J connectivity index is 0.000000208. The second kappa shape index (κ2) is 18.1. The van der Waals surface area contributed by atoms with E-state index in [0.29, 0.717) is 13.1 Å². The largest absolute Gasteiger partial charge is 0.508 e. The van der Waals surface area contributed by atoms with Gasteiger partial charge in [0.05, 0.1) is 14.2 Å². The molecule has 0 saturated carbocycles. The number of nitrogens with one attached hydrogen (secondary N) is 1. The van der Waals surface area contributed by atoms with Gasteiger partial charge in [-0.25, -0.2) is 14.4 Å². The van der Waals surface area contributed by atoms with Gasteiger partial charge in [0.1, 0.15) is 18.8 Å². The number of hydrogen-bond acceptors (Lipinski definition) is 17. The fraction of sp³-hybridized carbons (Fsp3) is 0.775. The van der Waals surface area contributed by atoms with E-state index in [0.717, 1.165) is 57.4 Å². The summed E-state index contributed by atoms with van der Waals surface area (Å²) in [5.41, 5.74) is 6.65. The molecule has 0 aromatic heterocycles. The van der Waals surface area contributed by atoms with Crippen LogP contribution in [-0.2, 0) is 58.7 Å². The first-order valence-electron chi connectivity index (χ1n) is 20.1. The van der Waals surface area contributed by atoms with Crippen molar-refractivity contribution in [2.45, 2.75) is 146 Å². The first kappa shape index (κ1) is 44.2. The maximum Gasteiger partial charge on any atom is 0.508 e. The number of carbonyl (C=O) groups excluding carboxylic acids is 3. The number of hydrogen-bond donors (Lipinski definition) is 2. The van der Waals surface area contributed by atoms with Crippen molar-refractivity contribution in [3.63, 3.8) is 0 Å². The number of likely N-dealkylation sites (tertiary alicyclic amines) is 2. The van der Waals surface area contributed by atoms with Crippen LogP contribution in [0.5, 0.6) is 0 Å². The molecule has 18 nitrogen and oxygen atoms in total. The van der Waals surface area contributed by atoms with Crippen molar-refractivity contribution in [3.05, 3.63) is 35.9 Å². The van der Waals surface area contributed by atoms with Crippen molar-refractivity contribution in [3.8, 4) is 0 Å². The smallest absolute Gasteiger partial charge is 0.445 e. The van der Waals surface area contributed by atoms with Gasteiger partial charge in [0.2, 0.25) is 0 Å². The lowest BCUT2D eigenvalue weighted by molar-refractivity contribution is -0.217. The van der Waals surface area contributed by atoms with Crippen LogP contribution in [0.4, 0.5) is 14.4 Å². The van der Waals surface area contributed by atoms with Crippen LogP contribution < -0.4 is 11.1 Å². The number of fused-ring (bicyclic) bond motifs is 2. The summed E-state index contributed by atoms with van der Waals surface area (Å²) in [6.45, 7) is 16.0. The van der Waals surface area contributed by atoms with E-state index in [2.05, 4.69) is 31.5 Å². The fourth-order valence-corrected chi connectivity index (χ4v) is 8.11. The molecule has 3 N–H and O–H groups in total. The van der Waals surface area contributed by atoms with E-state index < -0.39 is 73.1 Å². The highest BCUT2D eigenvalue weighted by atomic mass is 16.9. The standard InChI is InChI=1S/C24H34N2O8.C16H28N2O6/c1-23(2)33-19-18(32-22(28)29-4)17(31-20(19)34-23)14-26-12-10-24(3,11-13-26)25-21(27)30-15-16-8-6-5-7-9-16;1-15(2)23-12-11(22-14(19)20-4)10(21-13(12)24-15)9-18-7-5-16(3,17)6-8-18/h5-9,17-20H,10-15H2,1-4H3,(H,25,27);10-13H,5-9,17H2,1-4H3/t17-,18-,19-,20-;10-,11-,12-,13-/m11/s1. The minimum atomic E-state index is -0.814. The number of alkyl carbamates (subject to hydrolysis) is 1. The van der Waals surface area contributed by atoms with Crippen LogP contribution in [-0.4, -0.2) is 154 Å². The molecule has 6 fully saturated rings. The second-order valence-corrected chi connectivity index (χ2v) is 17.4. The van der Waals surface area contributed by atoms with Gasteiger partial charge in [0.25, 0.3) is 0 Å². The van der Waals surface area contributed by atoms with E-state index in [1.807, 2.05) is 51.1 Å². The normalized spacial score (nSPS) is 33.1. The van der Waals surface area contributed by atoms with Gasteiger partial charge < -0.3 is 73.0 Å². The molecule has 7 rings (SSSR count). The minimum Gasteiger partial charge on any atom is -0.445 e. The molecule has 58 heavy (non-hydrogen) atoms. The number of amides is 1. The summed E-state index contributed by atoms with van der Waals surface area (Å²) in [5.74, 6) is -1.57. The third kappa shape index (κ3) is 11.5. The van der Waals surface area contributed by atoms with Crippen molar-refractivity contribution in [2.24, 2.45) is 5.73 Å². The molecular formula is C40H62N4O14. The summed E-state index contributed by atoms with van der Waals surface area (Å²) in [6.07, 6.45) is -2.65. The topological polar surface area (TPSA) is 197 Å². The lowest BCUT2D eigenvalue weighted by atomic mass is 9.89. The number of methoxy groups -OCH3 is 2. The lowest BCUT2D eigenvalue weighted by Gasteiger charge is -2.40. The van der Waals surface area contributed by atoms with E-state index >= 15 is 0 Å². The monoisotopic (exact) mass is 822 g/mol. The summed E-state index contributed by atoms with van der Waals surface area (Å²) in [7, 11) is 2.55. The van der Waals surface area contributed by atoms with Gasteiger partial charge in [-0.15, -0.1) is 0 Å². The number of piperidine rings is 2. The first-order chi connectivity index (χ1) is 27.4. The molecule has 1 aromatic rings. The van der Waals surface area contributed by atoms with E-state index in [1.165, 1.54) is 14.2 Å². The molecule has 8 atom stereocenters. The zero-order valence-corrected chi connectivity index (χ0v) is 35.0. The van der Waals surface area contributed by atoms with Crippen molar-refractivity contribution in [1.29, 1.82) is 0 Å². The van der Waals surface area contributed by atoms with Crippen LogP contribution in [0.25, 0.3) is 0 Å². The number of ether oxygens (including phenoxy) is 11. The maximum absolute atomic E-state index is 12.3. The maximum atomic E-state index is 12.3. The van der Waals surface area contributed by atoms with Crippen LogP contribution in [0.1, 0.15) is 72.8 Å². The van der Waals surface area contributed by atoms with E-state index in [-0.39, 0.29) is 23.8 Å². The third-order valence-electron chi connectivity index (χ3n) is 11.4. The van der Waals surface area contributed by atoms with Crippen LogP contribution in [0, 0.1) is 0 Å². The van der Waals surface area contributed by atoms with Crippen LogP contribution in [0.15, 0.2) is 30.3 Å². The lowest BCUT2D eigenvalue weighted by Crippen LogP contribution is -2.55. The van der Waals surface area contributed by atoms with E-state index in [9.17, 15) is 14.4 Å². The summed E-state index contributed by atoms with van der Waals surface area (Å²) in [5, 5.41) is 3.02. The van der Waals surface area contributed by atoms with Crippen molar-refractivity contribution in [2.75, 3.05) is 53.5 Å². The highest BCUT2D eigenvalue weighted by molar-refractivity contribution is 5.68. The summed E-state index contributed by atoms with van der Waals surface area (Å²) in [6, 6.07) is 9.58. The van der Waals surface area contributed by atoms with Crippen molar-refractivity contribution < 1.29 is 66.5 Å². The molecule has 0 unspecified atom stereocenters. The Morgan fingerprint density at radius 3 is 1.60 bits per heavy atom. The Morgan fingerprint density at radius 2 is 1.16 bits per heavy atom. The fourth-order valence-electron chi connectivity index (χ4n) is 8.11. The average molecular weight is 823 g/mol.